The van der Waals surface area contributed by atoms with Gasteiger partial charge in [0, 0.05) is 9.92 Å². The van der Waals surface area contributed by atoms with Crippen LogP contribution in [-0.2, 0) is 14.6 Å². The second-order valence-electron chi connectivity index (χ2n) is 4.66. The van der Waals surface area contributed by atoms with Gasteiger partial charge in [0.05, 0.1) is 23.1 Å². The summed E-state index contributed by atoms with van der Waals surface area (Å²) in [5.74, 6) is 0.208. The molecule has 0 spiro atoms. The normalized spacial score (nSPS) is 20.8. The standard InChI is InChI=1S/C13H16ClNO3S2/c1-2-19-12-4-3-10(14)7-11(12)15-13(16)9-5-6-20(17,18)8-9/h3-4,7,9H,2,5-6,8H2,1H3,(H,15,16). The number of hydrogen-bond donors (Lipinski definition) is 1. The fraction of sp³-hybridized carbons (Fsp3) is 0.462. The molecule has 1 fully saturated rings. The minimum Gasteiger partial charge on any atom is -0.325 e. The lowest BCUT2D eigenvalue weighted by Crippen LogP contribution is -2.24. The summed E-state index contributed by atoms with van der Waals surface area (Å²) in [5.41, 5.74) is 0.652. The molecule has 20 heavy (non-hydrogen) atoms. The van der Waals surface area contributed by atoms with Crippen LogP contribution in [0.2, 0.25) is 5.02 Å². The monoisotopic (exact) mass is 333 g/mol. The van der Waals surface area contributed by atoms with Crippen molar-refractivity contribution in [3.05, 3.63) is 23.2 Å². The Morgan fingerprint density at radius 3 is 2.85 bits per heavy atom. The fourth-order valence-electron chi connectivity index (χ4n) is 2.12. The van der Waals surface area contributed by atoms with Crippen LogP contribution < -0.4 is 5.32 Å². The van der Waals surface area contributed by atoms with Gasteiger partial charge in [0.1, 0.15) is 0 Å². The van der Waals surface area contributed by atoms with Crippen molar-refractivity contribution in [3.63, 3.8) is 0 Å². The molecule has 1 aliphatic heterocycles. The number of anilines is 1. The average Bonchev–Trinajstić information content (AvgIpc) is 2.73. The molecule has 4 nitrogen and oxygen atoms in total. The Bertz CT molecular complexity index is 616. The van der Waals surface area contributed by atoms with Crippen molar-refractivity contribution >= 4 is 44.8 Å². The molecule has 2 rings (SSSR count). The lowest BCUT2D eigenvalue weighted by molar-refractivity contribution is -0.119. The van der Waals surface area contributed by atoms with Crippen molar-refractivity contribution < 1.29 is 13.2 Å². The average molecular weight is 334 g/mol. The van der Waals surface area contributed by atoms with E-state index < -0.39 is 15.8 Å². The van der Waals surface area contributed by atoms with Gasteiger partial charge in [0.15, 0.2) is 9.84 Å². The van der Waals surface area contributed by atoms with Gasteiger partial charge in [0.25, 0.3) is 0 Å². The zero-order valence-electron chi connectivity index (χ0n) is 11.1. The van der Waals surface area contributed by atoms with E-state index in [0.29, 0.717) is 17.1 Å². The van der Waals surface area contributed by atoms with Crippen molar-refractivity contribution in [2.45, 2.75) is 18.2 Å². The Morgan fingerprint density at radius 1 is 1.50 bits per heavy atom. The molecule has 0 bridgehead atoms. The Morgan fingerprint density at radius 2 is 2.25 bits per heavy atom. The minimum atomic E-state index is -3.05. The predicted molar refractivity (Wildman–Crippen MR) is 83.2 cm³/mol. The largest absolute Gasteiger partial charge is 0.325 e. The first-order valence-corrected chi connectivity index (χ1v) is 9.53. The topological polar surface area (TPSA) is 63.2 Å². The van der Waals surface area contributed by atoms with E-state index >= 15 is 0 Å². The third kappa shape index (κ3) is 3.90. The number of rotatable bonds is 4. The van der Waals surface area contributed by atoms with Crippen LogP contribution in [0.4, 0.5) is 5.69 Å². The first kappa shape index (κ1) is 15.7. The molecule has 110 valence electrons. The van der Waals surface area contributed by atoms with Gasteiger partial charge in [-0.25, -0.2) is 8.42 Å². The quantitative estimate of drug-likeness (QED) is 0.861. The SMILES string of the molecule is CCSc1ccc(Cl)cc1NC(=O)C1CCS(=O)(=O)C1. The summed E-state index contributed by atoms with van der Waals surface area (Å²) in [6.07, 6.45) is 0.394. The lowest BCUT2D eigenvalue weighted by Gasteiger charge is -2.13. The predicted octanol–water partition coefficient (Wildman–Crippen LogP) is 2.83. The minimum absolute atomic E-state index is 0.0599. The summed E-state index contributed by atoms with van der Waals surface area (Å²) < 4.78 is 22.8. The molecule has 1 unspecified atom stereocenters. The van der Waals surface area contributed by atoms with Gasteiger partial charge in [0.2, 0.25) is 5.91 Å². The molecule has 1 aromatic rings. The molecule has 7 heteroatoms. The second kappa shape index (κ2) is 6.37. The molecule has 0 radical (unpaired) electrons. The molecular weight excluding hydrogens is 318 g/mol. The van der Waals surface area contributed by atoms with E-state index in [0.717, 1.165) is 10.6 Å². The number of nitrogens with one attached hydrogen (secondary N) is 1. The highest BCUT2D eigenvalue weighted by atomic mass is 35.5. The van der Waals surface area contributed by atoms with E-state index in [2.05, 4.69) is 5.32 Å². The second-order valence-corrected chi connectivity index (χ2v) is 8.63. The van der Waals surface area contributed by atoms with Gasteiger partial charge in [-0.05, 0) is 30.4 Å². The van der Waals surface area contributed by atoms with Crippen LogP contribution in [-0.4, -0.2) is 31.6 Å². The van der Waals surface area contributed by atoms with Crippen molar-refractivity contribution in [1.29, 1.82) is 0 Å². The number of carbonyl (C=O) groups is 1. The van der Waals surface area contributed by atoms with Crippen LogP contribution >= 0.6 is 23.4 Å². The number of carbonyl (C=O) groups excluding carboxylic acids is 1. The van der Waals surface area contributed by atoms with Crippen LogP contribution in [0.3, 0.4) is 0 Å². The van der Waals surface area contributed by atoms with E-state index in [1.807, 2.05) is 13.0 Å². The molecule has 0 aliphatic carbocycles. The Kier molecular flexibility index (Phi) is 4.99. The van der Waals surface area contributed by atoms with Crippen LogP contribution in [0, 0.1) is 5.92 Å². The Balaban J connectivity index is 2.13. The van der Waals surface area contributed by atoms with Crippen molar-refractivity contribution in [2.24, 2.45) is 5.92 Å². The van der Waals surface area contributed by atoms with Gasteiger partial charge in [-0.3, -0.25) is 4.79 Å². The summed E-state index contributed by atoms with van der Waals surface area (Å²) in [6, 6.07) is 5.33. The maximum absolute atomic E-state index is 12.1. The molecule has 1 N–H and O–H groups in total. The molecule has 1 atom stereocenters. The first-order valence-electron chi connectivity index (χ1n) is 6.35. The van der Waals surface area contributed by atoms with Crippen LogP contribution in [0.15, 0.2) is 23.1 Å². The van der Waals surface area contributed by atoms with E-state index in [9.17, 15) is 13.2 Å². The number of hydrogen-bond acceptors (Lipinski definition) is 4. The zero-order valence-corrected chi connectivity index (χ0v) is 13.4. The maximum atomic E-state index is 12.1. The summed E-state index contributed by atoms with van der Waals surface area (Å²) >= 11 is 7.55. The first-order chi connectivity index (χ1) is 9.41. The third-order valence-electron chi connectivity index (χ3n) is 3.10. The summed E-state index contributed by atoms with van der Waals surface area (Å²) in [7, 11) is -3.05. The number of sulfone groups is 1. The van der Waals surface area contributed by atoms with Crippen molar-refractivity contribution in [1.82, 2.24) is 0 Å². The van der Waals surface area contributed by atoms with Gasteiger partial charge in [-0.15, -0.1) is 11.8 Å². The molecule has 1 amide bonds. The summed E-state index contributed by atoms with van der Waals surface area (Å²) in [5, 5.41) is 3.35. The number of halogens is 1. The van der Waals surface area contributed by atoms with Crippen LogP contribution in [0.25, 0.3) is 0 Å². The maximum Gasteiger partial charge on any atom is 0.228 e. The molecular formula is C13H16ClNO3S2. The number of benzene rings is 1. The fourth-order valence-corrected chi connectivity index (χ4v) is 4.77. The Hall–Kier alpha value is -0.720. The molecule has 1 saturated heterocycles. The van der Waals surface area contributed by atoms with Crippen LogP contribution in [0.5, 0.6) is 0 Å². The van der Waals surface area contributed by atoms with E-state index in [1.165, 1.54) is 0 Å². The third-order valence-corrected chi connectivity index (χ3v) is 6.06. The number of thioether (sulfide) groups is 1. The van der Waals surface area contributed by atoms with Crippen molar-refractivity contribution in [2.75, 3.05) is 22.6 Å². The highest BCUT2D eigenvalue weighted by Crippen LogP contribution is 2.31. The van der Waals surface area contributed by atoms with E-state index in [-0.39, 0.29) is 17.4 Å². The van der Waals surface area contributed by atoms with Gasteiger partial charge in [-0.1, -0.05) is 18.5 Å². The summed E-state index contributed by atoms with van der Waals surface area (Å²) in [6.45, 7) is 2.02. The molecule has 1 aliphatic rings. The molecule has 1 heterocycles. The molecule has 0 saturated carbocycles. The molecule has 0 aromatic heterocycles. The molecule has 1 aromatic carbocycles. The lowest BCUT2D eigenvalue weighted by atomic mass is 10.1. The highest BCUT2D eigenvalue weighted by Gasteiger charge is 2.33. The number of amides is 1. The Labute approximate surface area is 128 Å². The van der Waals surface area contributed by atoms with Gasteiger partial charge < -0.3 is 5.32 Å². The van der Waals surface area contributed by atoms with E-state index in [4.69, 9.17) is 11.6 Å². The van der Waals surface area contributed by atoms with Crippen molar-refractivity contribution in [3.8, 4) is 0 Å². The zero-order chi connectivity index (χ0) is 14.8. The van der Waals surface area contributed by atoms with E-state index in [1.54, 1.807) is 23.9 Å². The highest BCUT2D eigenvalue weighted by molar-refractivity contribution is 7.99. The van der Waals surface area contributed by atoms with Crippen LogP contribution in [0.1, 0.15) is 13.3 Å². The summed E-state index contributed by atoms with van der Waals surface area (Å²) in [4.78, 5) is 13.1. The van der Waals surface area contributed by atoms with Gasteiger partial charge >= 0.3 is 0 Å². The van der Waals surface area contributed by atoms with Gasteiger partial charge in [-0.2, -0.15) is 0 Å². The smallest absolute Gasteiger partial charge is 0.228 e.